The van der Waals surface area contributed by atoms with Crippen LogP contribution in [0.2, 0.25) is 0 Å². The van der Waals surface area contributed by atoms with E-state index in [9.17, 15) is 13.2 Å². The highest BCUT2D eigenvalue weighted by Crippen LogP contribution is 2.08. The van der Waals surface area contributed by atoms with E-state index in [0.29, 0.717) is 5.56 Å². The number of rotatable bonds is 5. The molecular formula is C12H12N2O4S. The maximum Gasteiger partial charge on any atom is 0.335 e. The molecular weight excluding hydrogens is 268 g/mol. The Bertz CT molecular complexity index is 660. The van der Waals surface area contributed by atoms with E-state index in [1.54, 1.807) is 24.5 Å². The summed E-state index contributed by atoms with van der Waals surface area (Å²) in [6.07, 6.45) is 3.15. The lowest BCUT2D eigenvalue weighted by atomic mass is 10.1. The van der Waals surface area contributed by atoms with E-state index >= 15 is 0 Å². The van der Waals surface area contributed by atoms with Crippen LogP contribution >= 0.6 is 0 Å². The molecule has 0 saturated heterocycles. The van der Waals surface area contributed by atoms with Crippen molar-refractivity contribution in [3.05, 3.63) is 59.9 Å². The van der Waals surface area contributed by atoms with Crippen molar-refractivity contribution in [1.29, 1.82) is 0 Å². The average molecular weight is 280 g/mol. The summed E-state index contributed by atoms with van der Waals surface area (Å²) >= 11 is 0. The normalized spacial score (nSPS) is 11.2. The molecule has 2 aromatic rings. The van der Waals surface area contributed by atoms with Gasteiger partial charge >= 0.3 is 5.97 Å². The second kappa shape index (κ2) is 5.15. The van der Waals surface area contributed by atoms with Gasteiger partial charge in [0.15, 0.2) is 0 Å². The largest absolute Gasteiger partial charge is 0.478 e. The van der Waals surface area contributed by atoms with Crippen LogP contribution < -0.4 is 4.83 Å². The summed E-state index contributed by atoms with van der Waals surface area (Å²) in [4.78, 5) is 13.0. The Kier molecular flexibility index (Phi) is 3.57. The molecule has 0 saturated carbocycles. The highest BCUT2D eigenvalue weighted by Gasteiger charge is 2.12. The molecule has 7 heteroatoms. The van der Waals surface area contributed by atoms with Gasteiger partial charge in [-0.15, -0.1) is 0 Å². The molecule has 0 aliphatic heterocycles. The van der Waals surface area contributed by atoms with Crippen LogP contribution in [0.1, 0.15) is 15.9 Å². The van der Waals surface area contributed by atoms with Crippen LogP contribution in [-0.4, -0.2) is 24.2 Å². The minimum atomic E-state index is -3.53. The summed E-state index contributed by atoms with van der Waals surface area (Å²) in [7, 11) is -3.53. The number of sulfonamides is 1. The minimum Gasteiger partial charge on any atom is -0.478 e. The molecule has 2 N–H and O–H groups in total. The summed E-state index contributed by atoms with van der Waals surface area (Å²) in [5.74, 6) is -1.26. The van der Waals surface area contributed by atoms with Gasteiger partial charge in [0, 0.05) is 12.4 Å². The predicted octanol–water partition coefficient (Wildman–Crippen LogP) is 1.26. The first-order chi connectivity index (χ1) is 8.96. The number of hydrogen-bond acceptors (Lipinski definition) is 3. The fourth-order valence-electron chi connectivity index (χ4n) is 1.55. The van der Waals surface area contributed by atoms with Gasteiger partial charge in [-0.05, 0) is 29.8 Å². The van der Waals surface area contributed by atoms with Gasteiger partial charge in [-0.2, -0.15) is 0 Å². The summed E-state index contributed by atoms with van der Waals surface area (Å²) in [5, 5.41) is 8.75. The van der Waals surface area contributed by atoms with E-state index in [0.717, 1.165) is 0 Å². The van der Waals surface area contributed by atoms with E-state index < -0.39 is 16.0 Å². The molecule has 1 aromatic carbocycles. The topological polar surface area (TPSA) is 88.4 Å². The van der Waals surface area contributed by atoms with E-state index in [-0.39, 0.29) is 11.3 Å². The number of carboxylic acid groups (broad SMARTS) is 1. The summed E-state index contributed by atoms with van der Waals surface area (Å²) < 4.78 is 25.0. The lowest BCUT2D eigenvalue weighted by molar-refractivity contribution is 0.0697. The van der Waals surface area contributed by atoms with Crippen LogP contribution in [0.4, 0.5) is 0 Å². The maximum atomic E-state index is 11.8. The molecule has 100 valence electrons. The number of aromatic carboxylic acids is 1. The van der Waals surface area contributed by atoms with Crippen molar-refractivity contribution in [2.24, 2.45) is 0 Å². The molecule has 0 unspecified atom stereocenters. The maximum absolute atomic E-state index is 11.8. The Morgan fingerprint density at radius 1 is 1.16 bits per heavy atom. The molecule has 0 aliphatic rings. The van der Waals surface area contributed by atoms with Crippen molar-refractivity contribution in [2.75, 3.05) is 4.83 Å². The number of benzene rings is 1. The molecule has 0 aliphatic carbocycles. The van der Waals surface area contributed by atoms with Crippen molar-refractivity contribution < 1.29 is 18.3 Å². The number of carboxylic acids is 1. The Morgan fingerprint density at radius 3 is 2.26 bits per heavy atom. The average Bonchev–Trinajstić information content (AvgIpc) is 2.81. The smallest absolute Gasteiger partial charge is 0.335 e. The first-order valence-electron chi connectivity index (χ1n) is 5.42. The Morgan fingerprint density at radius 2 is 1.74 bits per heavy atom. The molecule has 0 fully saturated rings. The molecule has 1 aromatic heterocycles. The van der Waals surface area contributed by atoms with E-state index in [2.05, 4.69) is 4.83 Å². The van der Waals surface area contributed by atoms with Gasteiger partial charge in [-0.1, -0.05) is 12.1 Å². The summed E-state index contributed by atoms with van der Waals surface area (Å²) in [6.45, 7) is 0. The van der Waals surface area contributed by atoms with Gasteiger partial charge in [0.25, 0.3) is 0 Å². The van der Waals surface area contributed by atoms with Gasteiger partial charge in [0.1, 0.15) is 0 Å². The number of aromatic nitrogens is 1. The van der Waals surface area contributed by atoms with Gasteiger partial charge in [-0.3, -0.25) is 4.68 Å². The van der Waals surface area contributed by atoms with Crippen LogP contribution in [-0.2, 0) is 15.8 Å². The second-order valence-electron chi connectivity index (χ2n) is 3.94. The van der Waals surface area contributed by atoms with Crippen LogP contribution in [0.5, 0.6) is 0 Å². The molecule has 2 rings (SSSR count). The van der Waals surface area contributed by atoms with Gasteiger partial charge in [-0.25, -0.2) is 18.0 Å². The molecule has 0 bridgehead atoms. The van der Waals surface area contributed by atoms with Crippen LogP contribution in [0.25, 0.3) is 0 Å². The fraction of sp³-hybridized carbons (Fsp3) is 0.0833. The Balaban J connectivity index is 2.09. The summed E-state index contributed by atoms with van der Waals surface area (Å²) in [5.41, 5.74) is 0.643. The molecule has 0 atom stereocenters. The molecule has 6 nitrogen and oxygen atoms in total. The molecule has 19 heavy (non-hydrogen) atoms. The van der Waals surface area contributed by atoms with E-state index in [1.165, 1.54) is 28.9 Å². The first kappa shape index (κ1) is 13.2. The zero-order chi connectivity index (χ0) is 13.9. The van der Waals surface area contributed by atoms with Crippen molar-refractivity contribution in [1.82, 2.24) is 4.68 Å². The second-order valence-corrected chi connectivity index (χ2v) is 5.64. The predicted molar refractivity (Wildman–Crippen MR) is 69.8 cm³/mol. The standard InChI is InChI=1S/C12H12N2O4S/c15-12(16)11-5-3-10(4-6-11)9-19(17,18)13-14-7-1-2-8-14/h1-8,13H,9H2,(H,15,16). The van der Waals surface area contributed by atoms with E-state index in [4.69, 9.17) is 5.11 Å². The van der Waals surface area contributed by atoms with Crippen molar-refractivity contribution in [3.63, 3.8) is 0 Å². The number of nitrogens with zero attached hydrogens (tertiary/aromatic N) is 1. The number of carbonyl (C=O) groups is 1. The monoisotopic (exact) mass is 280 g/mol. The van der Waals surface area contributed by atoms with Crippen LogP contribution in [0.3, 0.4) is 0 Å². The van der Waals surface area contributed by atoms with Crippen molar-refractivity contribution in [3.8, 4) is 0 Å². The summed E-state index contributed by atoms with van der Waals surface area (Å²) in [6, 6.07) is 9.12. The minimum absolute atomic E-state index is 0.125. The lowest BCUT2D eigenvalue weighted by Gasteiger charge is -2.08. The fourth-order valence-corrected chi connectivity index (χ4v) is 2.69. The molecule has 0 radical (unpaired) electrons. The Labute approximate surface area is 110 Å². The first-order valence-corrected chi connectivity index (χ1v) is 7.07. The van der Waals surface area contributed by atoms with Gasteiger partial charge in [0.2, 0.25) is 10.0 Å². The third-order valence-electron chi connectivity index (χ3n) is 2.41. The SMILES string of the molecule is O=C(O)c1ccc(CS(=O)(=O)Nn2cccc2)cc1. The van der Waals surface area contributed by atoms with Crippen LogP contribution in [0.15, 0.2) is 48.8 Å². The van der Waals surface area contributed by atoms with Gasteiger partial charge in [0.05, 0.1) is 11.3 Å². The molecule has 1 heterocycles. The highest BCUT2D eigenvalue weighted by atomic mass is 32.2. The van der Waals surface area contributed by atoms with Gasteiger partial charge < -0.3 is 5.11 Å². The van der Waals surface area contributed by atoms with Crippen LogP contribution in [0, 0.1) is 0 Å². The third kappa shape index (κ3) is 3.59. The lowest BCUT2D eigenvalue weighted by Crippen LogP contribution is -2.23. The third-order valence-corrected chi connectivity index (χ3v) is 3.61. The number of nitrogens with one attached hydrogen (secondary N) is 1. The van der Waals surface area contributed by atoms with Crippen molar-refractivity contribution >= 4 is 16.0 Å². The zero-order valence-corrected chi connectivity index (χ0v) is 10.7. The highest BCUT2D eigenvalue weighted by molar-refractivity contribution is 7.91. The molecule has 0 amide bonds. The zero-order valence-electron chi connectivity index (χ0n) is 9.85. The Hall–Kier alpha value is -2.28. The quantitative estimate of drug-likeness (QED) is 0.863. The molecule has 0 spiro atoms. The van der Waals surface area contributed by atoms with E-state index in [1.807, 2.05) is 0 Å². The number of hydrogen-bond donors (Lipinski definition) is 2. The van der Waals surface area contributed by atoms with Crippen molar-refractivity contribution in [2.45, 2.75) is 5.75 Å².